The molecule has 0 amide bonds. The lowest BCUT2D eigenvalue weighted by molar-refractivity contribution is -0.116. The molecule has 1 aliphatic heterocycles. The minimum atomic E-state index is -0.175. The third kappa shape index (κ3) is 2.06. The van der Waals surface area contributed by atoms with Crippen LogP contribution < -0.4 is 0 Å². The molecule has 2 aliphatic rings. The molecule has 3 atom stereocenters. The van der Waals surface area contributed by atoms with E-state index in [1.807, 2.05) is 0 Å². The summed E-state index contributed by atoms with van der Waals surface area (Å²) in [4.78, 5) is 0. The third-order valence-corrected chi connectivity index (χ3v) is 4.20. The van der Waals surface area contributed by atoms with Crippen LogP contribution in [0.15, 0.2) is 11.6 Å². The third-order valence-electron chi connectivity index (χ3n) is 4.20. The first-order chi connectivity index (χ1) is 7.98. The number of hydrogen-bond acceptors (Lipinski definition) is 2. The van der Waals surface area contributed by atoms with Crippen molar-refractivity contribution in [3.8, 4) is 0 Å². The molecule has 0 unspecified atom stereocenters. The predicted octanol–water partition coefficient (Wildman–Crippen LogP) is 3.91. The van der Waals surface area contributed by atoms with Gasteiger partial charge in [0.25, 0.3) is 0 Å². The summed E-state index contributed by atoms with van der Waals surface area (Å²) in [5.74, 6) is 0.880. The standard InChI is InChI=1S/C15H26O2/c1-10(2)14-16-12(5)15(17-14,11(3)4)13-8-6-7-9-13/h8,10-12,14H,6-7,9H2,1-5H3/t12-,14-,15-/m0/s1. The van der Waals surface area contributed by atoms with Crippen molar-refractivity contribution in [3.05, 3.63) is 11.6 Å². The first-order valence-corrected chi connectivity index (χ1v) is 7.01. The van der Waals surface area contributed by atoms with Crippen LogP contribution in [0.4, 0.5) is 0 Å². The smallest absolute Gasteiger partial charge is 0.161 e. The van der Waals surface area contributed by atoms with Crippen LogP contribution in [-0.2, 0) is 9.47 Å². The van der Waals surface area contributed by atoms with Crippen molar-refractivity contribution < 1.29 is 9.47 Å². The van der Waals surface area contributed by atoms with E-state index in [0.717, 1.165) is 0 Å². The highest BCUT2D eigenvalue weighted by Gasteiger charge is 2.52. The van der Waals surface area contributed by atoms with Gasteiger partial charge in [-0.3, -0.25) is 0 Å². The highest BCUT2D eigenvalue weighted by molar-refractivity contribution is 5.25. The minimum absolute atomic E-state index is 0.0473. The van der Waals surface area contributed by atoms with Gasteiger partial charge in [0, 0.05) is 5.92 Å². The molecule has 1 heterocycles. The topological polar surface area (TPSA) is 18.5 Å². The van der Waals surface area contributed by atoms with E-state index in [1.165, 1.54) is 24.8 Å². The maximum Gasteiger partial charge on any atom is 0.161 e. The Morgan fingerprint density at radius 2 is 2.00 bits per heavy atom. The maximum atomic E-state index is 6.38. The molecular weight excluding hydrogens is 212 g/mol. The van der Waals surface area contributed by atoms with Gasteiger partial charge in [-0.2, -0.15) is 0 Å². The summed E-state index contributed by atoms with van der Waals surface area (Å²) in [6.07, 6.45) is 6.14. The average Bonchev–Trinajstić information content (AvgIpc) is 2.84. The van der Waals surface area contributed by atoms with Gasteiger partial charge < -0.3 is 9.47 Å². The highest BCUT2D eigenvalue weighted by Crippen LogP contribution is 2.46. The summed E-state index contributed by atoms with van der Waals surface area (Å²) in [5.41, 5.74) is 1.30. The summed E-state index contributed by atoms with van der Waals surface area (Å²) in [5, 5.41) is 0. The normalized spacial score (nSPS) is 38.2. The maximum absolute atomic E-state index is 6.38. The second-order valence-electron chi connectivity index (χ2n) is 6.08. The van der Waals surface area contributed by atoms with Gasteiger partial charge in [-0.15, -0.1) is 0 Å². The van der Waals surface area contributed by atoms with Gasteiger partial charge in [-0.1, -0.05) is 33.8 Å². The summed E-state index contributed by atoms with van der Waals surface area (Å²) >= 11 is 0. The van der Waals surface area contributed by atoms with E-state index in [4.69, 9.17) is 9.47 Å². The van der Waals surface area contributed by atoms with Crippen LogP contribution in [0.25, 0.3) is 0 Å². The zero-order valence-electron chi connectivity index (χ0n) is 11.8. The van der Waals surface area contributed by atoms with Crippen molar-refractivity contribution in [1.82, 2.24) is 0 Å². The average molecular weight is 238 g/mol. The lowest BCUT2D eigenvalue weighted by Crippen LogP contribution is -2.45. The molecule has 0 aromatic heterocycles. The Morgan fingerprint density at radius 3 is 2.41 bits per heavy atom. The van der Waals surface area contributed by atoms with Crippen molar-refractivity contribution in [3.63, 3.8) is 0 Å². The van der Waals surface area contributed by atoms with Crippen LogP contribution in [0.5, 0.6) is 0 Å². The van der Waals surface area contributed by atoms with E-state index < -0.39 is 0 Å². The zero-order chi connectivity index (χ0) is 12.6. The van der Waals surface area contributed by atoms with Crippen LogP contribution in [0.3, 0.4) is 0 Å². The molecule has 17 heavy (non-hydrogen) atoms. The molecule has 0 aromatic carbocycles. The fourth-order valence-corrected chi connectivity index (χ4v) is 3.25. The molecule has 0 spiro atoms. The summed E-state index contributed by atoms with van der Waals surface area (Å²) in [6, 6.07) is 0. The summed E-state index contributed by atoms with van der Waals surface area (Å²) in [7, 11) is 0. The van der Waals surface area contributed by atoms with Crippen molar-refractivity contribution >= 4 is 0 Å². The Labute approximate surface area is 105 Å². The van der Waals surface area contributed by atoms with Gasteiger partial charge in [0.05, 0.1) is 6.10 Å². The van der Waals surface area contributed by atoms with Crippen LogP contribution in [0, 0.1) is 11.8 Å². The Hall–Kier alpha value is -0.340. The van der Waals surface area contributed by atoms with Crippen LogP contribution in [-0.4, -0.2) is 18.0 Å². The van der Waals surface area contributed by atoms with Gasteiger partial charge in [-0.25, -0.2) is 0 Å². The van der Waals surface area contributed by atoms with Gasteiger partial charge in [0.2, 0.25) is 0 Å². The van der Waals surface area contributed by atoms with Crippen LogP contribution in [0.1, 0.15) is 53.9 Å². The lowest BCUT2D eigenvalue weighted by atomic mass is 9.78. The Balaban J connectivity index is 2.29. The summed E-state index contributed by atoms with van der Waals surface area (Å²) in [6.45, 7) is 11.0. The van der Waals surface area contributed by atoms with E-state index in [2.05, 4.69) is 40.7 Å². The Morgan fingerprint density at radius 1 is 1.29 bits per heavy atom. The molecule has 1 fully saturated rings. The second-order valence-corrected chi connectivity index (χ2v) is 6.08. The SMILES string of the molecule is CC(C)[C@H]1O[C@@H](C)[C@](C2=CCCC2)(C(C)C)O1. The lowest BCUT2D eigenvalue weighted by Gasteiger charge is -2.37. The predicted molar refractivity (Wildman–Crippen MR) is 69.8 cm³/mol. The van der Waals surface area contributed by atoms with E-state index in [9.17, 15) is 0 Å². The molecule has 0 saturated carbocycles. The molecule has 0 aromatic rings. The molecule has 98 valence electrons. The Bertz CT molecular complexity index is 306. The quantitative estimate of drug-likeness (QED) is 0.694. The monoisotopic (exact) mass is 238 g/mol. The molecule has 2 nitrogen and oxygen atoms in total. The fraction of sp³-hybridized carbons (Fsp3) is 0.867. The second kappa shape index (κ2) is 4.74. The molecule has 0 N–H and O–H groups in total. The largest absolute Gasteiger partial charge is 0.346 e. The van der Waals surface area contributed by atoms with E-state index >= 15 is 0 Å². The first kappa shape index (κ1) is 13.1. The van der Waals surface area contributed by atoms with Crippen molar-refractivity contribution in [1.29, 1.82) is 0 Å². The molecule has 2 rings (SSSR count). The minimum Gasteiger partial charge on any atom is -0.346 e. The van der Waals surface area contributed by atoms with Crippen molar-refractivity contribution in [2.45, 2.75) is 71.9 Å². The van der Waals surface area contributed by atoms with E-state index in [0.29, 0.717) is 11.8 Å². The van der Waals surface area contributed by atoms with Gasteiger partial charge in [-0.05, 0) is 37.7 Å². The first-order valence-electron chi connectivity index (χ1n) is 7.01. The van der Waals surface area contributed by atoms with Gasteiger partial charge in [0.1, 0.15) is 5.60 Å². The molecule has 2 heteroatoms. The number of rotatable bonds is 3. The fourth-order valence-electron chi connectivity index (χ4n) is 3.25. The van der Waals surface area contributed by atoms with Gasteiger partial charge in [0.15, 0.2) is 6.29 Å². The molecule has 1 aliphatic carbocycles. The van der Waals surface area contributed by atoms with Crippen molar-refractivity contribution in [2.75, 3.05) is 0 Å². The van der Waals surface area contributed by atoms with Gasteiger partial charge >= 0.3 is 0 Å². The number of allylic oxidation sites excluding steroid dienone is 1. The molecular formula is C15H26O2. The summed E-state index contributed by atoms with van der Waals surface area (Å²) < 4.78 is 12.4. The highest BCUT2D eigenvalue weighted by atomic mass is 16.7. The van der Waals surface area contributed by atoms with Crippen LogP contribution >= 0.6 is 0 Å². The van der Waals surface area contributed by atoms with Crippen molar-refractivity contribution in [2.24, 2.45) is 11.8 Å². The van der Waals surface area contributed by atoms with Crippen LogP contribution in [0.2, 0.25) is 0 Å². The van der Waals surface area contributed by atoms with E-state index in [1.54, 1.807) is 0 Å². The molecule has 1 saturated heterocycles. The Kier molecular flexibility index (Phi) is 3.65. The molecule has 0 bridgehead atoms. The number of ether oxygens (including phenoxy) is 2. The zero-order valence-corrected chi connectivity index (χ0v) is 11.8. The van der Waals surface area contributed by atoms with E-state index in [-0.39, 0.29) is 18.0 Å². The number of hydrogen-bond donors (Lipinski definition) is 0. The molecule has 0 radical (unpaired) electrons.